The molecule has 2 aromatic carbocycles. The van der Waals surface area contributed by atoms with Crippen LogP contribution in [0.5, 0.6) is 23.0 Å². The normalized spacial score (nSPS) is 10.5. The average Bonchev–Trinajstić information content (AvgIpc) is 2.66. The average molecular weight is 382 g/mol. The van der Waals surface area contributed by atoms with Crippen LogP contribution in [0.15, 0.2) is 42.6 Å². The summed E-state index contributed by atoms with van der Waals surface area (Å²) >= 11 is 0. The zero-order valence-electron chi connectivity index (χ0n) is 15.2. The number of amides is 1. The van der Waals surface area contributed by atoms with E-state index in [1.54, 1.807) is 37.4 Å². The van der Waals surface area contributed by atoms with Crippen molar-refractivity contribution in [2.24, 2.45) is 0 Å². The van der Waals surface area contributed by atoms with E-state index in [0.29, 0.717) is 22.3 Å². The molecule has 3 N–H and O–H groups in total. The van der Waals surface area contributed by atoms with Gasteiger partial charge in [-0.25, -0.2) is 4.98 Å². The third-order valence-corrected chi connectivity index (χ3v) is 4.05. The fraction of sp³-hybridized carbons (Fsp3) is 0.150. The predicted molar refractivity (Wildman–Crippen MR) is 101 cm³/mol. The summed E-state index contributed by atoms with van der Waals surface area (Å²) in [5, 5.41) is 22.1. The molecule has 0 spiro atoms. The Hall–Kier alpha value is -3.81. The number of carboxylic acids is 1. The molecule has 0 saturated carbocycles. The van der Waals surface area contributed by atoms with Gasteiger partial charge in [-0.2, -0.15) is 0 Å². The van der Waals surface area contributed by atoms with Crippen LogP contribution < -0.4 is 14.8 Å². The summed E-state index contributed by atoms with van der Waals surface area (Å²) in [5.74, 6) is -0.373. The third kappa shape index (κ3) is 3.96. The number of methoxy groups -OCH3 is 1. The highest BCUT2D eigenvalue weighted by Gasteiger charge is 2.17. The summed E-state index contributed by atoms with van der Waals surface area (Å²) in [6.07, 6.45) is 1.41. The first-order valence-electron chi connectivity index (χ1n) is 8.33. The molecule has 1 amide bonds. The van der Waals surface area contributed by atoms with Gasteiger partial charge in [-0.05, 0) is 48.9 Å². The van der Waals surface area contributed by atoms with E-state index in [1.165, 1.54) is 6.20 Å². The molecule has 1 aromatic heterocycles. The fourth-order valence-electron chi connectivity index (χ4n) is 2.71. The highest BCUT2D eigenvalue weighted by atomic mass is 16.5. The zero-order valence-corrected chi connectivity index (χ0v) is 15.2. The number of hydrogen-bond acceptors (Lipinski definition) is 6. The van der Waals surface area contributed by atoms with Gasteiger partial charge >= 0.3 is 5.97 Å². The second-order valence-corrected chi connectivity index (χ2v) is 6.01. The second-order valence-electron chi connectivity index (χ2n) is 6.01. The van der Waals surface area contributed by atoms with Crippen LogP contribution in [0, 0.1) is 6.92 Å². The number of aromatic hydroxyl groups is 1. The van der Waals surface area contributed by atoms with Crippen molar-refractivity contribution in [3.05, 3.63) is 53.9 Å². The number of fused-ring (bicyclic) bond motifs is 1. The van der Waals surface area contributed by atoms with Crippen LogP contribution in [0.25, 0.3) is 10.8 Å². The number of carboxylic acid groups (broad SMARTS) is 1. The monoisotopic (exact) mass is 382 g/mol. The van der Waals surface area contributed by atoms with Crippen molar-refractivity contribution in [2.75, 3.05) is 13.7 Å². The summed E-state index contributed by atoms with van der Waals surface area (Å²) in [5.41, 5.74) is 0.685. The molecule has 0 saturated heterocycles. The van der Waals surface area contributed by atoms with Crippen LogP contribution in [0.1, 0.15) is 16.1 Å². The molecular formula is C20H18N2O6. The number of ether oxygens (including phenoxy) is 2. The van der Waals surface area contributed by atoms with Crippen molar-refractivity contribution in [1.29, 1.82) is 0 Å². The maximum atomic E-state index is 12.0. The number of pyridine rings is 1. The first-order chi connectivity index (χ1) is 13.4. The Morgan fingerprint density at radius 3 is 2.54 bits per heavy atom. The Bertz CT molecular complexity index is 1060. The van der Waals surface area contributed by atoms with Crippen LogP contribution in [-0.4, -0.2) is 40.7 Å². The minimum absolute atomic E-state index is 0.242. The maximum Gasteiger partial charge on any atom is 0.322 e. The number of nitrogens with one attached hydrogen (secondary N) is 1. The van der Waals surface area contributed by atoms with Crippen molar-refractivity contribution in [2.45, 2.75) is 6.92 Å². The molecule has 3 rings (SSSR count). The number of benzene rings is 2. The molecule has 0 fully saturated rings. The van der Waals surface area contributed by atoms with Gasteiger partial charge in [-0.15, -0.1) is 0 Å². The van der Waals surface area contributed by atoms with Gasteiger partial charge < -0.3 is 25.0 Å². The van der Waals surface area contributed by atoms with Crippen molar-refractivity contribution in [3.8, 4) is 23.0 Å². The Balaban J connectivity index is 1.86. The lowest BCUT2D eigenvalue weighted by Gasteiger charge is -2.11. The van der Waals surface area contributed by atoms with Gasteiger partial charge in [0.05, 0.1) is 7.11 Å². The largest absolute Gasteiger partial charge is 0.505 e. The molecule has 0 aliphatic rings. The Morgan fingerprint density at radius 1 is 1.14 bits per heavy atom. The van der Waals surface area contributed by atoms with Crippen LogP contribution in [-0.2, 0) is 4.79 Å². The van der Waals surface area contributed by atoms with E-state index in [-0.39, 0.29) is 11.4 Å². The van der Waals surface area contributed by atoms with E-state index in [2.05, 4.69) is 10.3 Å². The highest BCUT2D eigenvalue weighted by molar-refractivity contribution is 6.02. The fourth-order valence-corrected chi connectivity index (χ4v) is 2.71. The van der Waals surface area contributed by atoms with Gasteiger partial charge in [0.1, 0.15) is 23.8 Å². The van der Waals surface area contributed by atoms with Gasteiger partial charge in [0.25, 0.3) is 5.91 Å². The van der Waals surface area contributed by atoms with E-state index in [0.717, 1.165) is 11.3 Å². The SMILES string of the molecule is COc1ccc(Oc2ccc3c(O)c(C(=O)NCC(=O)O)ncc3c2)cc1C. The summed E-state index contributed by atoms with van der Waals surface area (Å²) in [4.78, 5) is 26.5. The third-order valence-electron chi connectivity index (χ3n) is 4.05. The predicted octanol–water partition coefficient (Wildman–Crippen LogP) is 2.86. The van der Waals surface area contributed by atoms with Gasteiger partial charge in [-0.1, -0.05) is 0 Å². The smallest absolute Gasteiger partial charge is 0.322 e. The molecule has 0 unspecified atom stereocenters. The van der Waals surface area contributed by atoms with E-state index in [9.17, 15) is 14.7 Å². The molecule has 1 heterocycles. The molecule has 0 bridgehead atoms. The zero-order chi connectivity index (χ0) is 20.3. The second kappa shape index (κ2) is 7.83. The molecule has 8 heteroatoms. The molecule has 0 radical (unpaired) electrons. The van der Waals surface area contributed by atoms with Crippen LogP contribution in [0.3, 0.4) is 0 Å². The number of rotatable bonds is 6. The molecule has 144 valence electrons. The molecule has 28 heavy (non-hydrogen) atoms. The lowest BCUT2D eigenvalue weighted by atomic mass is 10.1. The van der Waals surface area contributed by atoms with Crippen molar-refractivity contribution in [1.82, 2.24) is 10.3 Å². The van der Waals surface area contributed by atoms with Gasteiger partial charge in [-0.3, -0.25) is 9.59 Å². The number of aromatic nitrogens is 1. The van der Waals surface area contributed by atoms with Gasteiger partial charge in [0, 0.05) is 17.0 Å². The first kappa shape index (κ1) is 19.0. The maximum absolute atomic E-state index is 12.0. The van der Waals surface area contributed by atoms with E-state index < -0.39 is 18.4 Å². The van der Waals surface area contributed by atoms with E-state index in [1.807, 2.05) is 13.0 Å². The number of carbonyl (C=O) groups is 2. The minimum atomic E-state index is -1.19. The lowest BCUT2D eigenvalue weighted by molar-refractivity contribution is -0.135. The topological polar surface area (TPSA) is 118 Å². The highest BCUT2D eigenvalue weighted by Crippen LogP contribution is 2.32. The molecule has 8 nitrogen and oxygen atoms in total. The quantitative estimate of drug-likeness (QED) is 0.600. The van der Waals surface area contributed by atoms with Crippen molar-refractivity contribution in [3.63, 3.8) is 0 Å². The van der Waals surface area contributed by atoms with Gasteiger partial charge in [0.2, 0.25) is 0 Å². The minimum Gasteiger partial charge on any atom is -0.505 e. The summed E-state index contributed by atoms with van der Waals surface area (Å²) in [6.45, 7) is 1.34. The number of nitrogens with zero attached hydrogens (tertiary/aromatic N) is 1. The molecule has 3 aromatic rings. The summed E-state index contributed by atoms with van der Waals surface area (Å²) < 4.78 is 11.1. The Labute approximate surface area is 160 Å². The molecule has 0 atom stereocenters. The summed E-state index contributed by atoms with van der Waals surface area (Å²) in [7, 11) is 1.60. The lowest BCUT2D eigenvalue weighted by Crippen LogP contribution is -2.29. The van der Waals surface area contributed by atoms with Crippen LogP contribution in [0.2, 0.25) is 0 Å². The van der Waals surface area contributed by atoms with E-state index >= 15 is 0 Å². The van der Waals surface area contributed by atoms with Crippen molar-refractivity contribution < 1.29 is 29.3 Å². The number of hydrogen-bond donors (Lipinski definition) is 3. The number of carbonyl (C=O) groups excluding carboxylic acids is 1. The van der Waals surface area contributed by atoms with Gasteiger partial charge in [0.15, 0.2) is 11.4 Å². The molecular weight excluding hydrogens is 364 g/mol. The molecule has 0 aliphatic carbocycles. The molecule has 0 aliphatic heterocycles. The van der Waals surface area contributed by atoms with E-state index in [4.69, 9.17) is 14.6 Å². The Morgan fingerprint density at radius 2 is 1.86 bits per heavy atom. The summed E-state index contributed by atoms with van der Waals surface area (Å²) in [6, 6.07) is 10.4. The van der Waals surface area contributed by atoms with Crippen LogP contribution >= 0.6 is 0 Å². The van der Waals surface area contributed by atoms with Crippen LogP contribution in [0.4, 0.5) is 0 Å². The number of aliphatic carboxylic acids is 1. The standard InChI is InChI=1S/C20H18N2O6/c1-11-7-13(4-6-16(11)27-2)28-14-3-5-15-12(8-14)9-21-18(19(15)25)20(26)22-10-17(23)24/h3-9,25H,10H2,1-2H3,(H,22,26)(H,23,24). The number of aryl methyl sites for hydroxylation is 1. The first-order valence-corrected chi connectivity index (χ1v) is 8.33. The van der Waals surface area contributed by atoms with Crippen molar-refractivity contribution >= 4 is 22.6 Å². The Kier molecular flexibility index (Phi) is 5.30.